The molecule has 0 rings (SSSR count). The average molecular weight is 119 g/mol. The molecule has 0 aromatic carbocycles. The zero-order chi connectivity index (χ0) is 2.71. The molecule has 0 aromatic rings. The Hall–Kier alpha value is 2.40. The van der Waals surface area contributed by atoms with Crippen molar-refractivity contribution in [3.05, 3.63) is 4.91 Å². The molecule has 24 valence electrons. The van der Waals surface area contributed by atoms with E-state index in [0.717, 1.165) is 0 Å². The Morgan fingerprint density at radius 3 is 1.33 bits per heavy atom. The summed E-state index contributed by atoms with van der Waals surface area (Å²) in [5.41, 5.74) is 0. The summed E-state index contributed by atoms with van der Waals surface area (Å²) in [7, 11) is 0. The van der Waals surface area contributed by atoms with Crippen molar-refractivity contribution in [3.8, 4) is 0 Å². The van der Waals surface area contributed by atoms with Gasteiger partial charge in [0.25, 0.3) is 0 Å². The molecule has 0 unspecified atom stereocenters. The topological polar surface area (TPSA) is 49.7 Å². The third-order valence-electron chi connectivity index (χ3n) is 0. The Kier molecular flexibility index (Phi) is 104. The summed E-state index contributed by atoms with van der Waals surface area (Å²) in [5, 5.41) is 7.89. The minimum atomic E-state index is 0. The smallest absolute Gasteiger partial charge is 1.00 e. The van der Waals surface area contributed by atoms with Gasteiger partial charge in [-0.1, -0.05) is 0 Å². The van der Waals surface area contributed by atoms with E-state index in [9.17, 15) is 0 Å². The molecule has 6 heteroatoms. The van der Waals surface area contributed by atoms with Crippen LogP contribution >= 0.6 is 0 Å². The predicted octanol–water partition coefficient (Wildman–Crippen LogP) is -8.51. The third-order valence-corrected chi connectivity index (χ3v) is 0. The second kappa shape index (κ2) is 26.2. The molecule has 0 aliphatic carbocycles. The average Bonchev–Trinajstić information content (AvgIpc) is 0.918. The van der Waals surface area contributed by atoms with Crippen molar-refractivity contribution in [2.45, 2.75) is 0 Å². The molecule has 0 atom stereocenters. The molecular weight excluding hydrogens is 115 g/mol. The van der Waals surface area contributed by atoms with Gasteiger partial charge >= 0.3 is 88.7 Å². The van der Waals surface area contributed by atoms with E-state index in [1.54, 1.807) is 0 Å². The van der Waals surface area contributed by atoms with Crippen LogP contribution in [-0.2, 0) is 0 Å². The number of rotatable bonds is 0. The maximum Gasteiger partial charge on any atom is 1.00 e. The van der Waals surface area contributed by atoms with Gasteiger partial charge in [-0.25, -0.2) is 0 Å². The fourth-order valence-corrected chi connectivity index (χ4v) is 0. The largest absolute Gasteiger partial charge is 1.00 e. The Bertz CT molecular complexity index is 24.5. The van der Waals surface area contributed by atoms with Crippen molar-refractivity contribution in [1.82, 2.24) is 0 Å². The van der Waals surface area contributed by atoms with Gasteiger partial charge in [-0.15, -0.1) is 4.91 Å². The van der Waals surface area contributed by atoms with Crippen molar-refractivity contribution in [1.29, 1.82) is 0 Å². The SMILES string of the molecule is O=NO.[H-].[H-].[H-].[Na+].[Na+].[Na+]. The molecule has 1 N–H and O–H groups in total. The molecule has 0 fully saturated rings. The van der Waals surface area contributed by atoms with E-state index < -0.39 is 0 Å². The van der Waals surface area contributed by atoms with E-state index in [4.69, 9.17) is 10.1 Å². The van der Waals surface area contributed by atoms with Crippen LogP contribution in [-0.4, -0.2) is 5.21 Å². The maximum absolute atomic E-state index is 8.11. The zero-order valence-corrected chi connectivity index (χ0v) is 10.3. The fourth-order valence-electron chi connectivity index (χ4n) is 0. The molecule has 0 spiro atoms. The minimum Gasteiger partial charge on any atom is -1.00 e. The molecule has 0 aromatic heterocycles. The van der Waals surface area contributed by atoms with Crippen LogP contribution in [0.4, 0.5) is 0 Å². The summed E-state index contributed by atoms with van der Waals surface area (Å²) in [4.78, 5) is 8.11. The molecule has 6 heavy (non-hydrogen) atoms. The summed E-state index contributed by atoms with van der Waals surface area (Å²) in [5.74, 6) is 0. The zero-order valence-electron chi connectivity index (χ0n) is 7.30. The summed E-state index contributed by atoms with van der Waals surface area (Å²) < 4.78 is 0. The number of hydrogen-bond acceptors (Lipinski definition) is 2. The molecule has 0 aliphatic rings. The number of nitrogens with zero attached hydrogens (tertiary/aromatic N) is 1. The second-order valence-electron chi connectivity index (χ2n) is 0.0816. The minimum absolute atomic E-state index is 0. The van der Waals surface area contributed by atoms with Crippen LogP contribution in [0, 0.1) is 4.91 Å². The van der Waals surface area contributed by atoms with Gasteiger partial charge in [-0.2, -0.15) is 0 Å². The Balaban J connectivity index is -0.00000000133. The van der Waals surface area contributed by atoms with Gasteiger partial charge in [0.15, 0.2) is 5.34 Å². The quantitative estimate of drug-likeness (QED) is 0.195. The Morgan fingerprint density at radius 2 is 1.33 bits per heavy atom. The van der Waals surface area contributed by atoms with Gasteiger partial charge in [0.05, 0.1) is 0 Å². The van der Waals surface area contributed by atoms with Crippen LogP contribution in [0.25, 0.3) is 0 Å². The summed E-state index contributed by atoms with van der Waals surface area (Å²) in [6, 6.07) is 0. The molecule has 0 heterocycles. The summed E-state index contributed by atoms with van der Waals surface area (Å²) in [6.07, 6.45) is 0. The van der Waals surface area contributed by atoms with E-state index in [0.29, 0.717) is 0 Å². The first-order valence-corrected chi connectivity index (χ1v) is 0.383. The van der Waals surface area contributed by atoms with Gasteiger partial charge < -0.3 is 9.49 Å². The maximum atomic E-state index is 8.11. The van der Waals surface area contributed by atoms with Gasteiger partial charge in [0, 0.05) is 0 Å². The Labute approximate surface area is 107 Å². The van der Waals surface area contributed by atoms with Crippen molar-refractivity contribution in [2.24, 2.45) is 5.34 Å². The molecule has 0 radical (unpaired) electrons. The summed E-state index contributed by atoms with van der Waals surface area (Å²) in [6.45, 7) is 0. The molecule has 3 nitrogen and oxygen atoms in total. The van der Waals surface area contributed by atoms with Gasteiger partial charge in [0.1, 0.15) is 0 Å². The first-order chi connectivity index (χ1) is 1.41. The molecule has 0 bridgehead atoms. The van der Waals surface area contributed by atoms with Crippen LogP contribution in [0.15, 0.2) is 5.34 Å². The van der Waals surface area contributed by atoms with Crippen LogP contribution in [0.5, 0.6) is 0 Å². The van der Waals surface area contributed by atoms with Crippen molar-refractivity contribution in [2.75, 3.05) is 0 Å². The standard InChI is InChI=1S/HNO2.3Na.3H/c2-1-3;;;;;;/h(H,2,3);;;;;;/q;3*+1;3*-1. The van der Waals surface area contributed by atoms with Crippen molar-refractivity contribution in [3.63, 3.8) is 0 Å². The van der Waals surface area contributed by atoms with E-state index in [1.807, 2.05) is 0 Å². The normalized spacial score (nSPS) is 2.00. The molecule has 0 saturated heterocycles. The summed E-state index contributed by atoms with van der Waals surface area (Å²) >= 11 is 0. The van der Waals surface area contributed by atoms with Crippen LogP contribution in [0.2, 0.25) is 0 Å². The van der Waals surface area contributed by atoms with E-state index in [2.05, 4.69) is 0 Å². The molecule has 0 amide bonds. The first-order valence-electron chi connectivity index (χ1n) is 0.383. The van der Waals surface area contributed by atoms with Crippen LogP contribution in [0.1, 0.15) is 4.28 Å². The van der Waals surface area contributed by atoms with Crippen LogP contribution in [0.3, 0.4) is 0 Å². The van der Waals surface area contributed by atoms with Crippen molar-refractivity contribution < 1.29 is 98.2 Å². The Morgan fingerprint density at radius 1 is 1.33 bits per heavy atom. The first kappa shape index (κ1) is 23.8. The molecule has 0 aliphatic heterocycles. The monoisotopic (exact) mass is 119 g/mol. The predicted molar refractivity (Wildman–Crippen MR) is 10.9 cm³/mol. The molecule has 0 saturated carbocycles. The third kappa shape index (κ3) is 32.4. The van der Waals surface area contributed by atoms with E-state index >= 15 is 0 Å². The fraction of sp³-hybridized carbons (Fsp3) is 0. The molecular formula is H4NNa3O2. The number of hydrogen-bond donors (Lipinski definition) is 1. The van der Waals surface area contributed by atoms with Gasteiger partial charge in [-0.05, 0) is 0 Å². The second-order valence-corrected chi connectivity index (χ2v) is 0.0816. The van der Waals surface area contributed by atoms with E-state index in [1.165, 1.54) is 5.34 Å². The van der Waals surface area contributed by atoms with Gasteiger partial charge in [-0.3, -0.25) is 0 Å². The van der Waals surface area contributed by atoms with Gasteiger partial charge in [0.2, 0.25) is 0 Å². The van der Waals surface area contributed by atoms with Crippen molar-refractivity contribution >= 4 is 0 Å². The van der Waals surface area contributed by atoms with Crippen LogP contribution < -0.4 is 88.7 Å². The van der Waals surface area contributed by atoms with E-state index in [-0.39, 0.29) is 93.0 Å².